The fourth-order valence-corrected chi connectivity index (χ4v) is 4.10. The van der Waals surface area contributed by atoms with Crippen molar-refractivity contribution in [2.45, 2.75) is 24.8 Å². The van der Waals surface area contributed by atoms with Crippen LogP contribution in [0, 0.1) is 13.8 Å². The highest BCUT2D eigenvalue weighted by atomic mass is 32.2. The second-order valence-corrected chi connectivity index (χ2v) is 5.80. The Kier molecular flexibility index (Phi) is 1.94. The zero-order valence-corrected chi connectivity index (χ0v) is 9.06. The standard InChI is InChI=1S/C10H13NO2S/c1-6-3-4-7(2)10-9(6)8(11)5-14(10,12)13/h3-4,8H,5,11H2,1-2H3. The molecule has 0 aliphatic carbocycles. The lowest BCUT2D eigenvalue weighted by atomic mass is 10.0. The van der Waals surface area contributed by atoms with E-state index in [1.807, 2.05) is 26.0 Å². The number of hydrogen-bond acceptors (Lipinski definition) is 3. The third-order valence-electron chi connectivity index (χ3n) is 2.69. The lowest BCUT2D eigenvalue weighted by Crippen LogP contribution is -2.12. The Morgan fingerprint density at radius 1 is 1.29 bits per heavy atom. The maximum absolute atomic E-state index is 11.8. The van der Waals surface area contributed by atoms with Crippen LogP contribution in [-0.2, 0) is 9.84 Å². The number of rotatable bonds is 0. The summed E-state index contributed by atoms with van der Waals surface area (Å²) in [6.45, 7) is 3.72. The van der Waals surface area contributed by atoms with Crippen molar-refractivity contribution in [1.29, 1.82) is 0 Å². The molecule has 1 aliphatic heterocycles. The minimum atomic E-state index is -3.13. The summed E-state index contributed by atoms with van der Waals surface area (Å²) in [5, 5.41) is 0. The van der Waals surface area contributed by atoms with E-state index in [0.29, 0.717) is 4.90 Å². The van der Waals surface area contributed by atoms with E-state index < -0.39 is 9.84 Å². The molecule has 1 aliphatic rings. The summed E-state index contributed by atoms with van der Waals surface area (Å²) in [6, 6.07) is 3.41. The first-order chi connectivity index (χ1) is 6.43. The van der Waals surface area contributed by atoms with Gasteiger partial charge in [-0.3, -0.25) is 0 Å². The normalized spacial score (nSPS) is 23.5. The average Bonchev–Trinajstić information content (AvgIpc) is 2.30. The maximum atomic E-state index is 11.8. The molecule has 14 heavy (non-hydrogen) atoms. The minimum Gasteiger partial charge on any atom is -0.323 e. The molecular weight excluding hydrogens is 198 g/mol. The van der Waals surface area contributed by atoms with Gasteiger partial charge < -0.3 is 5.73 Å². The van der Waals surface area contributed by atoms with Crippen molar-refractivity contribution in [2.75, 3.05) is 5.75 Å². The van der Waals surface area contributed by atoms with E-state index in [-0.39, 0.29) is 11.8 Å². The highest BCUT2D eigenvalue weighted by Crippen LogP contribution is 2.36. The lowest BCUT2D eigenvalue weighted by molar-refractivity contribution is 0.597. The van der Waals surface area contributed by atoms with Crippen LogP contribution in [-0.4, -0.2) is 14.2 Å². The van der Waals surface area contributed by atoms with Gasteiger partial charge >= 0.3 is 0 Å². The zero-order chi connectivity index (χ0) is 10.5. The molecule has 0 spiro atoms. The average molecular weight is 211 g/mol. The van der Waals surface area contributed by atoms with Crippen molar-refractivity contribution in [3.05, 3.63) is 28.8 Å². The van der Waals surface area contributed by atoms with Crippen molar-refractivity contribution in [1.82, 2.24) is 0 Å². The van der Waals surface area contributed by atoms with Crippen molar-refractivity contribution in [2.24, 2.45) is 5.73 Å². The molecule has 0 fully saturated rings. The van der Waals surface area contributed by atoms with E-state index in [0.717, 1.165) is 16.7 Å². The van der Waals surface area contributed by atoms with Gasteiger partial charge in [0.1, 0.15) is 0 Å². The SMILES string of the molecule is Cc1ccc(C)c2c1C(N)CS2(=O)=O. The first-order valence-electron chi connectivity index (χ1n) is 4.52. The van der Waals surface area contributed by atoms with E-state index in [4.69, 9.17) is 5.73 Å². The van der Waals surface area contributed by atoms with Gasteiger partial charge in [-0.1, -0.05) is 12.1 Å². The largest absolute Gasteiger partial charge is 0.323 e. The number of nitrogens with two attached hydrogens (primary N) is 1. The van der Waals surface area contributed by atoms with E-state index in [1.165, 1.54) is 0 Å². The predicted molar refractivity (Wildman–Crippen MR) is 54.9 cm³/mol. The molecular formula is C10H13NO2S. The quantitative estimate of drug-likeness (QED) is 0.698. The first-order valence-corrected chi connectivity index (χ1v) is 6.17. The molecule has 1 heterocycles. The molecule has 1 aromatic carbocycles. The Morgan fingerprint density at radius 3 is 2.43 bits per heavy atom. The van der Waals surface area contributed by atoms with Crippen LogP contribution in [0.15, 0.2) is 17.0 Å². The lowest BCUT2D eigenvalue weighted by Gasteiger charge is -2.08. The third-order valence-corrected chi connectivity index (χ3v) is 4.65. The van der Waals surface area contributed by atoms with Crippen LogP contribution in [0.4, 0.5) is 0 Å². The predicted octanol–water partition coefficient (Wildman–Crippen LogP) is 1.09. The molecule has 0 amide bonds. The van der Waals surface area contributed by atoms with Gasteiger partial charge in [-0.2, -0.15) is 0 Å². The topological polar surface area (TPSA) is 60.2 Å². The van der Waals surface area contributed by atoms with Gasteiger partial charge in [-0.05, 0) is 30.5 Å². The van der Waals surface area contributed by atoms with Crippen LogP contribution < -0.4 is 5.73 Å². The first kappa shape index (κ1) is 9.68. The summed E-state index contributed by atoms with van der Waals surface area (Å²) in [7, 11) is -3.13. The molecule has 0 aromatic heterocycles. The number of hydrogen-bond donors (Lipinski definition) is 1. The van der Waals surface area contributed by atoms with E-state index >= 15 is 0 Å². The molecule has 0 saturated heterocycles. The van der Waals surface area contributed by atoms with Crippen LogP contribution in [0.3, 0.4) is 0 Å². The number of fused-ring (bicyclic) bond motifs is 1. The smallest absolute Gasteiger partial charge is 0.180 e. The summed E-state index contributed by atoms with van der Waals surface area (Å²) in [5.41, 5.74) is 8.40. The molecule has 2 N–H and O–H groups in total. The van der Waals surface area contributed by atoms with Gasteiger partial charge in [0, 0.05) is 6.04 Å². The third kappa shape index (κ3) is 1.18. The van der Waals surface area contributed by atoms with Crippen LogP contribution in [0.2, 0.25) is 0 Å². The molecule has 0 bridgehead atoms. The molecule has 76 valence electrons. The summed E-state index contributed by atoms with van der Waals surface area (Å²) in [6.07, 6.45) is 0. The zero-order valence-electron chi connectivity index (χ0n) is 8.24. The molecule has 3 nitrogen and oxygen atoms in total. The molecule has 1 atom stereocenters. The maximum Gasteiger partial charge on any atom is 0.180 e. The summed E-state index contributed by atoms with van der Waals surface area (Å²) >= 11 is 0. The van der Waals surface area contributed by atoms with Gasteiger partial charge in [0.2, 0.25) is 0 Å². The summed E-state index contributed by atoms with van der Waals surface area (Å²) < 4.78 is 23.5. The summed E-state index contributed by atoms with van der Waals surface area (Å²) in [5.74, 6) is 0.0496. The van der Waals surface area contributed by atoms with Crippen LogP contribution >= 0.6 is 0 Å². The Balaban J connectivity index is 2.87. The fourth-order valence-electron chi connectivity index (χ4n) is 2.08. The van der Waals surface area contributed by atoms with Crippen LogP contribution in [0.5, 0.6) is 0 Å². The molecule has 4 heteroatoms. The van der Waals surface area contributed by atoms with Gasteiger partial charge in [-0.25, -0.2) is 8.42 Å². The molecule has 0 radical (unpaired) electrons. The number of sulfone groups is 1. The molecule has 0 saturated carbocycles. The van der Waals surface area contributed by atoms with Gasteiger partial charge in [0.05, 0.1) is 10.6 Å². The number of aryl methyl sites for hydroxylation is 2. The Bertz CT molecular complexity index is 491. The molecule has 1 aromatic rings. The monoisotopic (exact) mass is 211 g/mol. The van der Waals surface area contributed by atoms with Crippen molar-refractivity contribution in [3.63, 3.8) is 0 Å². The minimum absolute atomic E-state index is 0.0496. The van der Waals surface area contributed by atoms with Crippen LogP contribution in [0.25, 0.3) is 0 Å². The van der Waals surface area contributed by atoms with E-state index in [1.54, 1.807) is 0 Å². The Hall–Kier alpha value is -0.870. The van der Waals surface area contributed by atoms with Crippen molar-refractivity contribution in [3.8, 4) is 0 Å². The van der Waals surface area contributed by atoms with Gasteiger partial charge in [0.15, 0.2) is 9.84 Å². The summed E-state index contributed by atoms with van der Waals surface area (Å²) in [4.78, 5) is 0.463. The second kappa shape index (κ2) is 2.81. The van der Waals surface area contributed by atoms with Gasteiger partial charge in [-0.15, -0.1) is 0 Å². The van der Waals surface area contributed by atoms with E-state index in [9.17, 15) is 8.42 Å². The highest BCUT2D eigenvalue weighted by molar-refractivity contribution is 7.91. The highest BCUT2D eigenvalue weighted by Gasteiger charge is 2.34. The Labute approximate surface area is 83.9 Å². The second-order valence-electron chi connectivity index (χ2n) is 3.83. The van der Waals surface area contributed by atoms with Crippen molar-refractivity contribution < 1.29 is 8.42 Å². The van der Waals surface area contributed by atoms with Crippen molar-refractivity contribution >= 4 is 9.84 Å². The van der Waals surface area contributed by atoms with E-state index in [2.05, 4.69) is 0 Å². The van der Waals surface area contributed by atoms with Crippen LogP contribution in [0.1, 0.15) is 22.7 Å². The molecule has 2 rings (SSSR count). The fraction of sp³-hybridized carbons (Fsp3) is 0.400. The van der Waals surface area contributed by atoms with Gasteiger partial charge in [0.25, 0.3) is 0 Å². The Morgan fingerprint density at radius 2 is 1.86 bits per heavy atom. The number of benzene rings is 1. The molecule has 1 unspecified atom stereocenters.